The van der Waals surface area contributed by atoms with Gasteiger partial charge in [-0.3, -0.25) is 4.90 Å². The fourth-order valence-corrected chi connectivity index (χ4v) is 4.49. The number of morpholine rings is 1. The number of hydrogen-bond acceptors (Lipinski definition) is 6. The van der Waals surface area contributed by atoms with Crippen molar-refractivity contribution in [3.8, 4) is 11.4 Å². The molecule has 0 spiro atoms. The Bertz CT molecular complexity index is 722. The van der Waals surface area contributed by atoms with Gasteiger partial charge in [-0.2, -0.15) is 4.80 Å². The Morgan fingerprint density at radius 3 is 2.37 bits per heavy atom. The first kappa shape index (κ1) is 21.4. The molecule has 0 unspecified atom stereocenters. The third-order valence-corrected chi connectivity index (χ3v) is 6.48. The number of hydrogen-bond donors (Lipinski definition) is 0. The summed E-state index contributed by atoms with van der Waals surface area (Å²) in [6.07, 6.45) is 7.70. The van der Waals surface area contributed by atoms with Crippen LogP contribution >= 0.6 is 0 Å². The van der Waals surface area contributed by atoms with Gasteiger partial charge in [0.2, 0.25) is 5.82 Å². The van der Waals surface area contributed by atoms with Gasteiger partial charge in [0.25, 0.3) is 0 Å². The van der Waals surface area contributed by atoms with E-state index in [1.807, 2.05) is 30.3 Å². The van der Waals surface area contributed by atoms with Gasteiger partial charge >= 0.3 is 0 Å². The smallest absolute Gasteiger partial charge is 0.204 e. The van der Waals surface area contributed by atoms with Crippen LogP contribution in [0.5, 0.6) is 0 Å². The summed E-state index contributed by atoms with van der Waals surface area (Å²) in [6, 6.07) is 10.0. The molecule has 0 amide bonds. The average molecular weight is 413 g/mol. The third kappa shape index (κ3) is 6.59. The number of rotatable bonds is 10. The molecule has 2 aliphatic rings. The first-order valence-electron chi connectivity index (χ1n) is 11.7. The number of tetrazole rings is 1. The molecule has 164 valence electrons. The fourth-order valence-electron chi connectivity index (χ4n) is 4.49. The zero-order valence-corrected chi connectivity index (χ0v) is 18.2. The Morgan fingerprint density at radius 2 is 1.57 bits per heavy atom. The standard InChI is InChI=1S/C23H36N6O/c1-3-7-22(8-4-1)23-24-26-29(25-23)13-6-2-5-12-27-14-9-21(10-15-27)11-16-28-17-19-30-20-18-28/h1,3-4,7-8,21H,2,5-6,9-20H2. The second kappa shape index (κ2) is 11.5. The van der Waals surface area contributed by atoms with Crippen LogP contribution in [0.25, 0.3) is 11.4 Å². The van der Waals surface area contributed by atoms with Crippen LogP contribution in [-0.2, 0) is 11.3 Å². The maximum absolute atomic E-state index is 5.45. The van der Waals surface area contributed by atoms with Gasteiger partial charge < -0.3 is 9.64 Å². The molecular formula is C23H36N6O. The molecule has 0 saturated carbocycles. The van der Waals surface area contributed by atoms with Crippen LogP contribution in [0.2, 0.25) is 0 Å². The van der Waals surface area contributed by atoms with Gasteiger partial charge in [-0.1, -0.05) is 36.8 Å². The molecule has 4 rings (SSSR count). The summed E-state index contributed by atoms with van der Waals surface area (Å²) in [7, 11) is 0. The van der Waals surface area contributed by atoms with Crippen molar-refractivity contribution in [3.05, 3.63) is 30.3 Å². The Kier molecular flexibility index (Phi) is 8.23. The first-order valence-corrected chi connectivity index (χ1v) is 11.7. The Hall–Kier alpha value is -1.83. The molecule has 30 heavy (non-hydrogen) atoms. The molecule has 2 aliphatic heterocycles. The lowest BCUT2D eigenvalue weighted by molar-refractivity contribution is 0.0335. The van der Waals surface area contributed by atoms with Crippen LogP contribution < -0.4 is 0 Å². The number of likely N-dealkylation sites (tertiary alicyclic amines) is 1. The van der Waals surface area contributed by atoms with Crippen molar-refractivity contribution in [2.45, 2.75) is 45.1 Å². The maximum atomic E-state index is 5.45. The van der Waals surface area contributed by atoms with E-state index in [4.69, 9.17) is 4.74 Å². The molecule has 0 N–H and O–H groups in total. The van der Waals surface area contributed by atoms with Gasteiger partial charge in [-0.15, -0.1) is 10.2 Å². The quantitative estimate of drug-likeness (QED) is 0.559. The summed E-state index contributed by atoms with van der Waals surface area (Å²) in [5.41, 5.74) is 1.03. The van der Waals surface area contributed by atoms with Crippen LogP contribution in [-0.4, -0.2) is 82.5 Å². The van der Waals surface area contributed by atoms with Crippen LogP contribution in [0.4, 0.5) is 0 Å². The van der Waals surface area contributed by atoms with Crippen molar-refractivity contribution >= 4 is 0 Å². The molecule has 0 aliphatic carbocycles. The minimum Gasteiger partial charge on any atom is -0.379 e. The number of nitrogens with zero attached hydrogens (tertiary/aromatic N) is 6. The van der Waals surface area contributed by atoms with Crippen LogP contribution in [0.15, 0.2) is 30.3 Å². The molecule has 0 bridgehead atoms. The zero-order valence-electron chi connectivity index (χ0n) is 18.2. The molecule has 0 atom stereocenters. The Labute approximate surface area is 180 Å². The highest BCUT2D eigenvalue weighted by atomic mass is 16.5. The number of benzene rings is 1. The molecule has 2 aromatic rings. The summed E-state index contributed by atoms with van der Waals surface area (Å²) >= 11 is 0. The summed E-state index contributed by atoms with van der Waals surface area (Å²) in [5, 5.41) is 12.9. The summed E-state index contributed by atoms with van der Waals surface area (Å²) in [6.45, 7) is 9.97. The SMILES string of the molecule is c1ccc(-c2nnn(CCCCCN3CCC(CCN4CCOCC4)CC3)n2)cc1. The monoisotopic (exact) mass is 412 g/mol. The van der Waals surface area contributed by atoms with E-state index >= 15 is 0 Å². The highest BCUT2D eigenvalue weighted by Crippen LogP contribution is 2.21. The highest BCUT2D eigenvalue weighted by Gasteiger charge is 2.20. The van der Waals surface area contributed by atoms with E-state index in [2.05, 4.69) is 25.2 Å². The molecule has 7 heteroatoms. The van der Waals surface area contributed by atoms with Gasteiger partial charge in [0.05, 0.1) is 19.8 Å². The van der Waals surface area contributed by atoms with E-state index in [1.54, 1.807) is 4.80 Å². The fraction of sp³-hybridized carbons (Fsp3) is 0.696. The zero-order chi connectivity index (χ0) is 20.4. The highest BCUT2D eigenvalue weighted by molar-refractivity contribution is 5.52. The minimum atomic E-state index is 0.715. The number of unbranched alkanes of at least 4 members (excludes halogenated alkanes) is 2. The second-order valence-electron chi connectivity index (χ2n) is 8.66. The Morgan fingerprint density at radius 1 is 0.833 bits per heavy atom. The minimum absolute atomic E-state index is 0.715. The van der Waals surface area contributed by atoms with Gasteiger partial charge in [0.1, 0.15) is 0 Å². The van der Waals surface area contributed by atoms with Crippen molar-refractivity contribution in [2.75, 3.05) is 52.5 Å². The van der Waals surface area contributed by atoms with Gasteiger partial charge in [-0.25, -0.2) is 0 Å². The summed E-state index contributed by atoms with van der Waals surface area (Å²) in [4.78, 5) is 6.97. The predicted molar refractivity (Wildman–Crippen MR) is 118 cm³/mol. The normalized spacial score (nSPS) is 19.3. The van der Waals surface area contributed by atoms with Crippen LogP contribution in [0, 0.1) is 5.92 Å². The van der Waals surface area contributed by atoms with Crippen molar-refractivity contribution < 1.29 is 4.74 Å². The molecule has 2 fully saturated rings. The van der Waals surface area contributed by atoms with E-state index in [9.17, 15) is 0 Å². The van der Waals surface area contributed by atoms with E-state index in [-0.39, 0.29) is 0 Å². The summed E-state index contributed by atoms with van der Waals surface area (Å²) < 4.78 is 5.45. The van der Waals surface area contributed by atoms with E-state index in [1.165, 1.54) is 58.3 Å². The molecule has 3 heterocycles. The van der Waals surface area contributed by atoms with Crippen LogP contribution in [0.1, 0.15) is 38.5 Å². The average Bonchev–Trinajstić information content (AvgIpc) is 3.29. The van der Waals surface area contributed by atoms with Crippen molar-refractivity contribution in [1.29, 1.82) is 0 Å². The number of aromatic nitrogens is 4. The first-order chi connectivity index (χ1) is 14.9. The van der Waals surface area contributed by atoms with Gasteiger partial charge in [0, 0.05) is 18.7 Å². The van der Waals surface area contributed by atoms with Crippen molar-refractivity contribution in [1.82, 2.24) is 30.0 Å². The number of piperidine rings is 1. The molecule has 1 aromatic carbocycles. The molecular weight excluding hydrogens is 376 g/mol. The van der Waals surface area contributed by atoms with Crippen LogP contribution in [0.3, 0.4) is 0 Å². The van der Waals surface area contributed by atoms with E-state index < -0.39 is 0 Å². The number of ether oxygens (including phenoxy) is 1. The van der Waals surface area contributed by atoms with Crippen molar-refractivity contribution in [3.63, 3.8) is 0 Å². The van der Waals surface area contributed by atoms with E-state index in [0.29, 0.717) is 5.82 Å². The van der Waals surface area contributed by atoms with Gasteiger partial charge in [-0.05, 0) is 69.4 Å². The largest absolute Gasteiger partial charge is 0.379 e. The Balaban J connectivity index is 1.05. The molecule has 7 nitrogen and oxygen atoms in total. The number of aryl methyl sites for hydroxylation is 1. The molecule has 0 radical (unpaired) electrons. The van der Waals surface area contributed by atoms with Crippen molar-refractivity contribution in [2.24, 2.45) is 5.92 Å². The summed E-state index contributed by atoms with van der Waals surface area (Å²) in [5.74, 6) is 1.63. The second-order valence-corrected chi connectivity index (χ2v) is 8.66. The van der Waals surface area contributed by atoms with E-state index in [0.717, 1.165) is 50.8 Å². The lowest BCUT2D eigenvalue weighted by atomic mass is 9.93. The molecule has 2 saturated heterocycles. The maximum Gasteiger partial charge on any atom is 0.204 e. The topological polar surface area (TPSA) is 59.3 Å². The predicted octanol–water partition coefficient (Wildman–Crippen LogP) is 2.94. The lowest BCUT2D eigenvalue weighted by Crippen LogP contribution is -2.39. The third-order valence-electron chi connectivity index (χ3n) is 6.48. The van der Waals surface area contributed by atoms with Gasteiger partial charge in [0.15, 0.2) is 0 Å². The molecule has 1 aromatic heterocycles. The lowest BCUT2D eigenvalue weighted by Gasteiger charge is -2.34.